The summed E-state index contributed by atoms with van der Waals surface area (Å²) in [4.78, 5) is 24.0. The molecule has 2 amide bonds. The number of amides is 2. The highest BCUT2D eigenvalue weighted by molar-refractivity contribution is 5.91. The Morgan fingerprint density at radius 3 is 2.74 bits per heavy atom. The molecule has 1 aromatic rings. The number of hydrogen-bond donors (Lipinski definition) is 3. The summed E-state index contributed by atoms with van der Waals surface area (Å²) in [6.07, 6.45) is 0. The molecule has 0 aliphatic heterocycles. The van der Waals surface area contributed by atoms with Gasteiger partial charge in [0.2, 0.25) is 5.91 Å². The van der Waals surface area contributed by atoms with E-state index in [0.29, 0.717) is 24.8 Å². The van der Waals surface area contributed by atoms with Crippen molar-refractivity contribution in [3.63, 3.8) is 0 Å². The van der Waals surface area contributed by atoms with Gasteiger partial charge in [0.05, 0.1) is 13.1 Å². The number of nitrogens with two attached hydrogens (primary N) is 2. The van der Waals surface area contributed by atoms with Gasteiger partial charge in [0.15, 0.2) is 11.5 Å². The van der Waals surface area contributed by atoms with Crippen molar-refractivity contribution >= 4 is 11.8 Å². The second kappa shape index (κ2) is 6.86. The summed E-state index contributed by atoms with van der Waals surface area (Å²) >= 11 is 0. The number of primary amides is 1. The molecule has 106 valence electrons. The lowest BCUT2D eigenvalue weighted by atomic mass is 10.2. The number of nitrogens with zero attached hydrogens (tertiary/aromatic N) is 2. The number of rotatable bonds is 7. The van der Waals surface area contributed by atoms with Crippen molar-refractivity contribution in [3.8, 4) is 0 Å². The average molecular weight is 269 g/mol. The molecule has 8 heteroatoms. The molecule has 0 aliphatic rings. The van der Waals surface area contributed by atoms with E-state index in [2.05, 4.69) is 5.16 Å². The van der Waals surface area contributed by atoms with E-state index in [1.165, 1.54) is 6.07 Å². The summed E-state index contributed by atoms with van der Waals surface area (Å²) in [5.41, 5.74) is 7.25. The van der Waals surface area contributed by atoms with Gasteiger partial charge in [0.25, 0.3) is 5.91 Å². The van der Waals surface area contributed by atoms with Crippen LogP contribution < -0.4 is 17.0 Å². The van der Waals surface area contributed by atoms with Crippen LogP contribution in [0.3, 0.4) is 0 Å². The normalized spacial score (nSPS) is 11.0. The lowest BCUT2D eigenvalue weighted by molar-refractivity contribution is -0.119. The number of aromatic nitrogens is 1. The fourth-order valence-electron chi connectivity index (χ4n) is 1.71. The number of carbonyl (C=O) groups excluding carboxylic acids is 2. The van der Waals surface area contributed by atoms with Crippen molar-refractivity contribution < 1.29 is 14.1 Å². The number of hydrogen-bond acceptors (Lipinski definition) is 6. The Kier molecular flexibility index (Phi) is 5.46. The van der Waals surface area contributed by atoms with Crippen LogP contribution in [0.25, 0.3) is 0 Å². The SMILES string of the molecule is CC(C)CN(CC(N)=O)Cc1cc(C(=O)NN)no1. The van der Waals surface area contributed by atoms with Gasteiger partial charge in [-0.25, -0.2) is 5.84 Å². The molecule has 0 unspecified atom stereocenters. The zero-order valence-electron chi connectivity index (χ0n) is 11.0. The Labute approximate surface area is 111 Å². The van der Waals surface area contributed by atoms with E-state index in [0.717, 1.165) is 0 Å². The van der Waals surface area contributed by atoms with Crippen molar-refractivity contribution in [2.75, 3.05) is 13.1 Å². The monoisotopic (exact) mass is 269 g/mol. The van der Waals surface area contributed by atoms with Crippen LogP contribution in [-0.4, -0.2) is 35.0 Å². The van der Waals surface area contributed by atoms with Gasteiger partial charge in [0, 0.05) is 12.6 Å². The molecule has 0 aliphatic carbocycles. The first-order valence-electron chi connectivity index (χ1n) is 5.89. The third-order valence-corrected chi connectivity index (χ3v) is 2.30. The summed E-state index contributed by atoms with van der Waals surface area (Å²) in [7, 11) is 0. The molecule has 19 heavy (non-hydrogen) atoms. The van der Waals surface area contributed by atoms with E-state index >= 15 is 0 Å². The van der Waals surface area contributed by atoms with Crippen LogP contribution in [0.1, 0.15) is 30.1 Å². The van der Waals surface area contributed by atoms with E-state index in [-0.39, 0.29) is 12.2 Å². The van der Waals surface area contributed by atoms with Crippen LogP contribution in [0.4, 0.5) is 0 Å². The molecule has 0 spiro atoms. The largest absolute Gasteiger partial charge is 0.369 e. The second-order valence-electron chi connectivity index (χ2n) is 4.68. The molecule has 1 aromatic heterocycles. The van der Waals surface area contributed by atoms with Gasteiger partial charge in [-0.2, -0.15) is 0 Å². The lowest BCUT2D eigenvalue weighted by Gasteiger charge is -2.21. The Balaban J connectivity index is 2.69. The van der Waals surface area contributed by atoms with Crippen molar-refractivity contribution in [3.05, 3.63) is 17.5 Å². The van der Waals surface area contributed by atoms with Crippen molar-refractivity contribution in [2.24, 2.45) is 17.5 Å². The van der Waals surface area contributed by atoms with Gasteiger partial charge in [-0.1, -0.05) is 19.0 Å². The maximum Gasteiger partial charge on any atom is 0.287 e. The summed E-state index contributed by atoms with van der Waals surface area (Å²) in [5.74, 6) is 4.89. The van der Waals surface area contributed by atoms with Gasteiger partial charge in [-0.15, -0.1) is 0 Å². The fourth-order valence-corrected chi connectivity index (χ4v) is 1.71. The summed E-state index contributed by atoms with van der Waals surface area (Å²) in [6, 6.07) is 1.48. The molecule has 0 atom stereocenters. The van der Waals surface area contributed by atoms with E-state index in [1.807, 2.05) is 24.2 Å². The maximum atomic E-state index is 11.2. The third kappa shape index (κ3) is 5.06. The summed E-state index contributed by atoms with van der Waals surface area (Å²) in [6.45, 7) is 5.22. The minimum Gasteiger partial charge on any atom is -0.369 e. The van der Waals surface area contributed by atoms with Crippen LogP contribution in [0.2, 0.25) is 0 Å². The molecule has 1 rings (SSSR count). The molecule has 0 radical (unpaired) electrons. The minimum absolute atomic E-state index is 0.0982. The zero-order chi connectivity index (χ0) is 14.4. The van der Waals surface area contributed by atoms with Crippen LogP contribution >= 0.6 is 0 Å². The molecular formula is C11H19N5O3. The molecule has 0 saturated carbocycles. The molecule has 0 saturated heterocycles. The molecule has 0 fully saturated rings. The second-order valence-corrected chi connectivity index (χ2v) is 4.68. The lowest BCUT2D eigenvalue weighted by Crippen LogP contribution is -2.35. The van der Waals surface area contributed by atoms with Gasteiger partial charge in [-0.05, 0) is 5.92 Å². The van der Waals surface area contributed by atoms with Crippen molar-refractivity contribution in [1.82, 2.24) is 15.5 Å². The molecular weight excluding hydrogens is 250 g/mol. The van der Waals surface area contributed by atoms with E-state index < -0.39 is 11.8 Å². The maximum absolute atomic E-state index is 11.2. The van der Waals surface area contributed by atoms with Crippen LogP contribution in [0, 0.1) is 5.92 Å². The Hall–Kier alpha value is -1.93. The first-order chi connectivity index (χ1) is 8.92. The number of nitrogens with one attached hydrogen (secondary N) is 1. The third-order valence-electron chi connectivity index (χ3n) is 2.30. The molecule has 0 aromatic carbocycles. The minimum atomic E-state index is -0.527. The highest BCUT2D eigenvalue weighted by Crippen LogP contribution is 2.09. The highest BCUT2D eigenvalue weighted by Gasteiger charge is 2.16. The smallest absolute Gasteiger partial charge is 0.287 e. The van der Waals surface area contributed by atoms with Crippen LogP contribution in [-0.2, 0) is 11.3 Å². The van der Waals surface area contributed by atoms with Gasteiger partial charge in [0.1, 0.15) is 0 Å². The molecule has 8 nitrogen and oxygen atoms in total. The van der Waals surface area contributed by atoms with E-state index in [1.54, 1.807) is 0 Å². The zero-order valence-corrected chi connectivity index (χ0v) is 11.0. The number of nitrogen functional groups attached to an aromatic ring is 1. The first-order valence-corrected chi connectivity index (χ1v) is 5.89. The quantitative estimate of drug-likeness (QED) is 0.338. The Morgan fingerprint density at radius 2 is 2.21 bits per heavy atom. The van der Waals surface area contributed by atoms with Crippen LogP contribution in [0.5, 0.6) is 0 Å². The average Bonchev–Trinajstić information content (AvgIpc) is 2.74. The predicted octanol–water partition coefficient (Wildman–Crippen LogP) is -0.779. The Morgan fingerprint density at radius 1 is 1.53 bits per heavy atom. The van der Waals surface area contributed by atoms with Gasteiger partial charge < -0.3 is 10.3 Å². The van der Waals surface area contributed by atoms with E-state index in [9.17, 15) is 9.59 Å². The van der Waals surface area contributed by atoms with Gasteiger partial charge >= 0.3 is 0 Å². The molecule has 5 N–H and O–H groups in total. The van der Waals surface area contributed by atoms with Crippen LogP contribution in [0.15, 0.2) is 10.6 Å². The van der Waals surface area contributed by atoms with E-state index in [4.69, 9.17) is 16.1 Å². The predicted molar refractivity (Wildman–Crippen MR) is 67.5 cm³/mol. The first kappa shape index (κ1) is 15.1. The Bertz CT molecular complexity index is 443. The molecule has 0 bridgehead atoms. The summed E-state index contributed by atoms with van der Waals surface area (Å²) in [5, 5.41) is 3.59. The topological polar surface area (TPSA) is 127 Å². The fraction of sp³-hybridized carbons (Fsp3) is 0.545. The van der Waals surface area contributed by atoms with Gasteiger partial charge in [-0.3, -0.25) is 19.9 Å². The highest BCUT2D eigenvalue weighted by atomic mass is 16.5. The standard InChI is InChI=1S/C11H19N5O3/c1-7(2)4-16(6-10(12)17)5-8-3-9(15-19-8)11(18)14-13/h3,7H,4-6,13H2,1-2H3,(H2,12,17)(H,14,18). The summed E-state index contributed by atoms with van der Waals surface area (Å²) < 4.78 is 5.02. The van der Waals surface area contributed by atoms with Crippen molar-refractivity contribution in [2.45, 2.75) is 20.4 Å². The number of hydrazine groups is 1. The molecule has 1 heterocycles. The van der Waals surface area contributed by atoms with Crippen molar-refractivity contribution in [1.29, 1.82) is 0 Å². The number of carbonyl (C=O) groups is 2.